The molecule has 0 radical (unpaired) electrons. The summed E-state index contributed by atoms with van der Waals surface area (Å²) in [7, 11) is 0. The minimum Gasteiger partial charge on any atom is -0.390 e. The van der Waals surface area contributed by atoms with E-state index in [4.69, 9.17) is 4.74 Å². The molecule has 1 rings (SSSR count). The van der Waals surface area contributed by atoms with Crippen LogP contribution in [0.2, 0.25) is 0 Å². The van der Waals surface area contributed by atoms with Crippen LogP contribution < -0.4 is 0 Å². The highest BCUT2D eigenvalue weighted by molar-refractivity contribution is 4.78. The minimum atomic E-state index is -0.529. The van der Waals surface area contributed by atoms with Crippen LogP contribution in [0.1, 0.15) is 53.9 Å². The van der Waals surface area contributed by atoms with E-state index in [1.165, 1.54) is 0 Å². The third kappa shape index (κ3) is 4.94. The predicted molar refractivity (Wildman–Crippen MR) is 70.9 cm³/mol. The Bertz CT molecular complexity index is 223. The molecule has 0 unspecified atom stereocenters. The molecule has 1 aliphatic heterocycles. The van der Waals surface area contributed by atoms with Crippen molar-refractivity contribution in [1.82, 2.24) is 4.90 Å². The maximum absolute atomic E-state index is 9.70. The third-order valence-electron chi connectivity index (χ3n) is 3.51. The van der Waals surface area contributed by atoms with E-state index in [1.807, 2.05) is 13.8 Å². The molecule has 3 heteroatoms. The van der Waals surface area contributed by atoms with Crippen LogP contribution in [0.4, 0.5) is 0 Å². The number of nitrogens with zero attached hydrogens (tertiary/aromatic N) is 1. The van der Waals surface area contributed by atoms with Crippen molar-refractivity contribution < 1.29 is 9.84 Å². The van der Waals surface area contributed by atoms with Crippen LogP contribution >= 0.6 is 0 Å². The second-order valence-corrected chi connectivity index (χ2v) is 6.30. The summed E-state index contributed by atoms with van der Waals surface area (Å²) in [6.07, 6.45) is 3.37. The lowest BCUT2D eigenvalue weighted by molar-refractivity contribution is -0.0204. The van der Waals surface area contributed by atoms with E-state index in [9.17, 15) is 5.11 Å². The number of ether oxygens (including phenoxy) is 1. The van der Waals surface area contributed by atoms with Crippen molar-refractivity contribution in [2.75, 3.05) is 13.2 Å². The van der Waals surface area contributed by atoms with Gasteiger partial charge in [-0.1, -0.05) is 13.8 Å². The molecule has 0 aliphatic carbocycles. The van der Waals surface area contributed by atoms with E-state index >= 15 is 0 Å². The number of aliphatic hydroxyl groups is 1. The molecule has 17 heavy (non-hydrogen) atoms. The van der Waals surface area contributed by atoms with Crippen molar-refractivity contribution in [3.8, 4) is 0 Å². The monoisotopic (exact) mass is 243 g/mol. The van der Waals surface area contributed by atoms with Gasteiger partial charge in [0.25, 0.3) is 0 Å². The van der Waals surface area contributed by atoms with Gasteiger partial charge in [-0.15, -0.1) is 0 Å². The van der Waals surface area contributed by atoms with E-state index in [1.54, 1.807) is 0 Å². The number of hydrogen-bond donors (Lipinski definition) is 1. The van der Waals surface area contributed by atoms with Gasteiger partial charge >= 0.3 is 0 Å². The van der Waals surface area contributed by atoms with Crippen molar-refractivity contribution in [3.63, 3.8) is 0 Å². The SMILES string of the molecule is CC(C)[C@@H]1OCCN1[C@@H](C)CCCC(C)(C)O. The van der Waals surface area contributed by atoms with E-state index in [2.05, 4.69) is 25.7 Å². The van der Waals surface area contributed by atoms with Crippen molar-refractivity contribution in [1.29, 1.82) is 0 Å². The van der Waals surface area contributed by atoms with Gasteiger partial charge < -0.3 is 9.84 Å². The zero-order chi connectivity index (χ0) is 13.1. The molecule has 1 heterocycles. The molecule has 0 aromatic carbocycles. The van der Waals surface area contributed by atoms with E-state index < -0.39 is 5.60 Å². The second-order valence-electron chi connectivity index (χ2n) is 6.30. The van der Waals surface area contributed by atoms with Gasteiger partial charge in [-0.25, -0.2) is 0 Å². The van der Waals surface area contributed by atoms with Crippen molar-refractivity contribution >= 4 is 0 Å². The Morgan fingerprint density at radius 2 is 2.00 bits per heavy atom. The first kappa shape index (κ1) is 14.9. The Hall–Kier alpha value is -0.120. The van der Waals surface area contributed by atoms with Gasteiger partial charge in [-0.3, -0.25) is 4.90 Å². The Morgan fingerprint density at radius 3 is 2.53 bits per heavy atom. The van der Waals surface area contributed by atoms with Gasteiger partial charge in [0.1, 0.15) is 6.23 Å². The summed E-state index contributed by atoms with van der Waals surface area (Å²) in [5, 5.41) is 9.70. The molecule has 0 bridgehead atoms. The number of hydrogen-bond acceptors (Lipinski definition) is 3. The minimum absolute atomic E-state index is 0.284. The van der Waals surface area contributed by atoms with E-state index in [0.717, 1.165) is 32.4 Å². The van der Waals surface area contributed by atoms with Gasteiger partial charge in [-0.05, 0) is 46.0 Å². The van der Waals surface area contributed by atoms with Gasteiger partial charge in [-0.2, -0.15) is 0 Å². The first-order valence-electron chi connectivity index (χ1n) is 6.91. The molecule has 0 aromatic heterocycles. The van der Waals surface area contributed by atoms with Crippen LogP contribution in [0, 0.1) is 5.92 Å². The fourth-order valence-electron chi connectivity index (χ4n) is 2.54. The lowest BCUT2D eigenvalue weighted by Gasteiger charge is -2.32. The highest BCUT2D eigenvalue weighted by atomic mass is 16.5. The van der Waals surface area contributed by atoms with Crippen LogP contribution in [-0.2, 0) is 4.74 Å². The van der Waals surface area contributed by atoms with Gasteiger partial charge in [0, 0.05) is 12.6 Å². The van der Waals surface area contributed by atoms with Gasteiger partial charge in [0.05, 0.1) is 12.2 Å². The lowest BCUT2D eigenvalue weighted by Crippen LogP contribution is -2.40. The van der Waals surface area contributed by atoms with Crippen LogP contribution in [0.25, 0.3) is 0 Å². The van der Waals surface area contributed by atoms with Crippen LogP contribution in [-0.4, -0.2) is 41.0 Å². The lowest BCUT2D eigenvalue weighted by atomic mass is 9.99. The van der Waals surface area contributed by atoms with Gasteiger partial charge in [0.15, 0.2) is 0 Å². The largest absolute Gasteiger partial charge is 0.390 e. The molecule has 0 aromatic rings. The van der Waals surface area contributed by atoms with Crippen molar-refractivity contribution in [2.45, 2.75) is 71.8 Å². The first-order valence-corrected chi connectivity index (χ1v) is 6.91. The fourth-order valence-corrected chi connectivity index (χ4v) is 2.54. The molecule has 1 saturated heterocycles. The third-order valence-corrected chi connectivity index (χ3v) is 3.51. The average Bonchev–Trinajstić information content (AvgIpc) is 2.63. The van der Waals surface area contributed by atoms with Crippen molar-refractivity contribution in [3.05, 3.63) is 0 Å². The average molecular weight is 243 g/mol. The molecule has 3 nitrogen and oxygen atoms in total. The summed E-state index contributed by atoms with van der Waals surface area (Å²) in [6, 6.07) is 0.548. The zero-order valence-electron chi connectivity index (χ0n) is 12.1. The molecule has 1 aliphatic rings. The predicted octanol–water partition coefficient (Wildman–Crippen LogP) is 2.63. The van der Waals surface area contributed by atoms with E-state index in [-0.39, 0.29) is 6.23 Å². The Labute approximate surface area is 106 Å². The molecule has 0 spiro atoms. The Morgan fingerprint density at radius 1 is 1.35 bits per heavy atom. The molecule has 1 N–H and O–H groups in total. The molecule has 0 amide bonds. The molecule has 1 fully saturated rings. The normalized spacial score (nSPS) is 24.5. The molecule has 102 valence electrons. The zero-order valence-corrected chi connectivity index (χ0v) is 12.1. The smallest absolute Gasteiger partial charge is 0.113 e. The topological polar surface area (TPSA) is 32.7 Å². The quantitative estimate of drug-likeness (QED) is 0.778. The van der Waals surface area contributed by atoms with Crippen LogP contribution in [0.5, 0.6) is 0 Å². The summed E-state index contributed by atoms with van der Waals surface area (Å²) in [6.45, 7) is 12.4. The highest BCUT2D eigenvalue weighted by Gasteiger charge is 2.31. The van der Waals surface area contributed by atoms with Crippen LogP contribution in [0.15, 0.2) is 0 Å². The fraction of sp³-hybridized carbons (Fsp3) is 1.00. The Kier molecular flexibility index (Phi) is 5.42. The van der Waals surface area contributed by atoms with E-state index in [0.29, 0.717) is 12.0 Å². The molecular formula is C14H29NO2. The standard InChI is InChI=1S/C14H29NO2/c1-11(2)13-15(9-10-17-13)12(3)7-6-8-14(4,5)16/h11-13,16H,6-10H2,1-5H3/t12-,13-/m0/s1. The Balaban J connectivity index is 2.34. The molecular weight excluding hydrogens is 214 g/mol. The summed E-state index contributed by atoms with van der Waals surface area (Å²) in [5.41, 5.74) is -0.529. The summed E-state index contributed by atoms with van der Waals surface area (Å²) in [4.78, 5) is 2.47. The maximum atomic E-state index is 9.70. The maximum Gasteiger partial charge on any atom is 0.113 e. The summed E-state index contributed by atoms with van der Waals surface area (Å²) in [5.74, 6) is 0.550. The summed E-state index contributed by atoms with van der Waals surface area (Å²) >= 11 is 0. The number of rotatable bonds is 6. The van der Waals surface area contributed by atoms with Crippen LogP contribution in [0.3, 0.4) is 0 Å². The van der Waals surface area contributed by atoms with Crippen molar-refractivity contribution in [2.24, 2.45) is 5.92 Å². The molecule has 2 atom stereocenters. The first-order chi connectivity index (χ1) is 7.81. The second kappa shape index (κ2) is 6.17. The highest BCUT2D eigenvalue weighted by Crippen LogP contribution is 2.23. The van der Waals surface area contributed by atoms with Gasteiger partial charge in [0.2, 0.25) is 0 Å². The summed E-state index contributed by atoms with van der Waals surface area (Å²) < 4.78 is 5.77. The molecule has 0 saturated carbocycles.